The van der Waals surface area contributed by atoms with Crippen molar-refractivity contribution in [2.45, 2.75) is 315 Å². The van der Waals surface area contributed by atoms with Crippen LogP contribution in [0.1, 0.15) is 303 Å². The van der Waals surface area contributed by atoms with Gasteiger partial charge in [0, 0.05) is 216 Å². The molecule has 0 atom stereocenters. The molecule has 0 unspecified atom stereocenters. The van der Waals surface area contributed by atoms with E-state index in [1.54, 1.807) is 22.4 Å². The summed E-state index contributed by atoms with van der Waals surface area (Å²) < 4.78 is 49.3. The van der Waals surface area contributed by atoms with E-state index in [1.165, 1.54) is 23.4 Å². The van der Waals surface area contributed by atoms with Gasteiger partial charge in [-0.25, -0.2) is 9.97 Å². The minimum absolute atomic E-state index is 0.0443. The molecule has 8 amide bonds. The Morgan fingerprint density at radius 3 is 1.15 bits per heavy atom. The van der Waals surface area contributed by atoms with Gasteiger partial charge in [0.05, 0.1) is 39.8 Å². The van der Waals surface area contributed by atoms with Crippen LogP contribution in [0.4, 0.5) is 13.2 Å². The summed E-state index contributed by atoms with van der Waals surface area (Å²) in [5.74, 6) is 2.76. The van der Waals surface area contributed by atoms with Gasteiger partial charge >= 0.3 is 6.18 Å². The van der Waals surface area contributed by atoms with E-state index in [1.807, 2.05) is 242 Å². The molecule has 2 saturated carbocycles. The predicted molar refractivity (Wildman–Crippen MR) is 512 cm³/mol. The first kappa shape index (κ1) is 106. The van der Waals surface area contributed by atoms with Gasteiger partial charge in [-0.3, -0.25) is 43.3 Å². The van der Waals surface area contributed by atoms with Crippen LogP contribution in [0.3, 0.4) is 0 Å². The van der Waals surface area contributed by atoms with Crippen LogP contribution < -0.4 is 0 Å². The highest BCUT2D eigenvalue weighted by atomic mass is 32.1. The lowest BCUT2D eigenvalue weighted by molar-refractivity contribution is -0.207. The SMILES string of the molecule is CC(C)(C)C(=O)N1CCC(C#N)(c2ccccn2)CC1.CC(C)(C)C(=O)N1CCC(C2(C(F)(F)F)CC2)CC1.CC(C)(C)C(=O)N1CCC(N2CCCC2=O)CC1.CC(C)(C)C(=O)N1CCC(c2nc(-c3ccccc3)cs2)CC1.CC(C)(C)C(=O)N1CCC(n2cccc2)CC1.CC(C)(C)C(=O)N1CCC(n2ccnc2)CC1.COC1(C2CC2)CCN(C(=O)C(C)(C)C)CC1. The van der Waals surface area contributed by atoms with Crippen LogP contribution in [0.2, 0.25) is 0 Å². The Hall–Kier alpha value is -8.51. The molecule has 23 nitrogen and oxygen atoms in total. The molecule has 10 aliphatic rings. The number of ether oxygens (including phenoxy) is 1. The maximum atomic E-state index is 13.0. The van der Waals surface area contributed by atoms with Gasteiger partial charge in [0.2, 0.25) is 47.3 Å². The fourth-order valence-electron chi connectivity index (χ4n) is 19.4. The normalized spacial score (nSPS) is 20.4. The maximum Gasteiger partial charge on any atom is 0.394 e. The van der Waals surface area contributed by atoms with Crippen molar-refractivity contribution >= 4 is 58.6 Å². The third kappa shape index (κ3) is 28.8. The van der Waals surface area contributed by atoms with Crippen molar-refractivity contribution in [1.82, 2.24) is 63.3 Å². The number of hydrogen-bond acceptors (Lipinski definition) is 14. The van der Waals surface area contributed by atoms with E-state index in [4.69, 9.17) is 9.72 Å². The highest BCUT2D eigenvalue weighted by molar-refractivity contribution is 7.10. The summed E-state index contributed by atoms with van der Waals surface area (Å²) >= 11 is 1.75. The Labute approximate surface area is 785 Å². The molecule has 5 aromatic rings. The van der Waals surface area contributed by atoms with Crippen molar-refractivity contribution in [3.05, 3.63) is 114 Å². The number of halogens is 3. The number of pyridine rings is 1. The van der Waals surface area contributed by atoms with Crippen molar-refractivity contribution in [2.24, 2.45) is 55.2 Å². The standard InChI is InChI=1S/C19H24N2OS.C16H21N3O.C14H22F3NO.C14H24N2O2.C14H22N2O.C14H25NO2.C13H21N3O/c1-19(2,3)18(22)21-11-9-15(10-12-21)17-20-16(13-23-17)14-7-5-4-6-8-14;1-15(2,3)14(20)19-10-7-16(12-17,8-11-19)13-6-4-5-9-18-13;1-12(2,3)11(19)18-8-4-10(5-9-18)13(6-7-13)14(15,16)17;1-14(2,3)13(18)15-9-6-11(7-10-15)16-8-4-5-12(16)17;1-14(2,3)13(17)16-10-6-12(7-11-16)15-8-4-5-9-15;1-13(2,3)12(16)15-9-7-14(17-4,8-10-15)11-5-6-11;1-13(2,3)12(17)15-7-4-11(5-8-15)16-9-6-14-10-16/h4-8,13,15H,9-12H2,1-3H3;4-6,9H,7-8,10-11H2,1-3H3;10H,4-9H2,1-3H3;11H,4-10H2,1-3H3;4-5,8-9,12H,6-7,10-11H2,1-3H3;11H,5-10H2,1-4H3;6,9-11H,4-5,7-8H2,1-3H3. The molecule has 4 aromatic heterocycles. The number of carbonyl (C=O) groups is 8. The number of benzene rings is 1. The number of methoxy groups -OCH3 is 1. The van der Waals surface area contributed by atoms with E-state index >= 15 is 0 Å². The number of amides is 8. The summed E-state index contributed by atoms with van der Waals surface area (Å²) in [6.07, 6.45) is 24.8. The zero-order chi connectivity index (χ0) is 96.7. The first-order chi connectivity index (χ1) is 61.2. The monoisotopic (exact) mass is 1840 g/mol. The third-order valence-corrected chi connectivity index (χ3v) is 28.8. The summed E-state index contributed by atoms with van der Waals surface area (Å²) in [6, 6.07) is 24.0. The molecule has 12 heterocycles. The average Bonchev–Trinajstić information content (AvgIpc) is 1.57. The Morgan fingerprint density at radius 2 is 0.809 bits per heavy atom. The molecule has 27 heteroatoms. The number of likely N-dealkylation sites (tertiary alicyclic amines) is 8. The van der Waals surface area contributed by atoms with Crippen molar-refractivity contribution in [3.8, 4) is 17.3 Å². The lowest BCUT2D eigenvalue weighted by Gasteiger charge is -2.42. The molecule has 0 bridgehead atoms. The summed E-state index contributed by atoms with van der Waals surface area (Å²) in [5, 5.41) is 13.0. The van der Waals surface area contributed by atoms with Crippen LogP contribution in [-0.2, 0) is 48.5 Å². The Bertz CT molecular complexity index is 4440. The number of thiazole rings is 1. The number of aromatic nitrogens is 5. The average molecular weight is 1840 g/mol. The summed E-state index contributed by atoms with van der Waals surface area (Å²) in [7, 11) is 1.83. The molecule has 0 spiro atoms. The van der Waals surface area contributed by atoms with Crippen molar-refractivity contribution in [3.63, 3.8) is 0 Å². The van der Waals surface area contributed by atoms with Gasteiger partial charge in [0.25, 0.3) is 0 Å². The van der Waals surface area contributed by atoms with Crippen LogP contribution in [0, 0.1) is 66.5 Å². The molecular formula is C104H159F3N14O9S. The van der Waals surface area contributed by atoms with E-state index in [0.29, 0.717) is 88.2 Å². The quantitative estimate of drug-likeness (QED) is 0.133. The second-order valence-electron chi connectivity index (χ2n) is 45.4. The first-order valence-corrected chi connectivity index (χ1v) is 49.5. The van der Waals surface area contributed by atoms with Gasteiger partial charge in [-0.15, -0.1) is 11.3 Å². The number of piperidine rings is 7. The molecule has 0 radical (unpaired) electrons. The zero-order valence-corrected chi connectivity index (χ0v) is 84.3. The smallest absolute Gasteiger partial charge is 0.378 e. The van der Waals surface area contributed by atoms with E-state index in [0.717, 1.165) is 160 Å². The van der Waals surface area contributed by atoms with Crippen LogP contribution in [0.5, 0.6) is 0 Å². The van der Waals surface area contributed by atoms with Crippen LogP contribution >= 0.6 is 11.3 Å². The van der Waals surface area contributed by atoms with Gasteiger partial charge in [-0.2, -0.15) is 18.4 Å². The minimum Gasteiger partial charge on any atom is -0.378 e. The first-order valence-electron chi connectivity index (χ1n) is 48.6. The van der Waals surface area contributed by atoms with Crippen molar-refractivity contribution < 1.29 is 56.3 Å². The second kappa shape index (κ2) is 44.3. The van der Waals surface area contributed by atoms with E-state index in [-0.39, 0.29) is 98.2 Å². The maximum absolute atomic E-state index is 13.0. The second-order valence-corrected chi connectivity index (χ2v) is 46.3. The highest BCUT2D eigenvalue weighted by Crippen LogP contribution is 2.64. The number of rotatable bonds is 9. The zero-order valence-electron chi connectivity index (χ0n) is 83.5. The predicted octanol–water partition coefficient (Wildman–Crippen LogP) is 19.6. The third-order valence-electron chi connectivity index (χ3n) is 27.8. The number of carbonyl (C=O) groups excluding carboxylic acids is 8. The molecule has 10 fully saturated rings. The largest absolute Gasteiger partial charge is 0.394 e. The van der Waals surface area contributed by atoms with E-state index < -0.39 is 22.4 Å². The Balaban J connectivity index is 0.000000173. The Kier molecular flexibility index (Phi) is 35.9. The van der Waals surface area contributed by atoms with E-state index in [9.17, 15) is 56.8 Å². The van der Waals surface area contributed by atoms with Crippen LogP contribution in [0.15, 0.2) is 103 Å². The molecule has 8 saturated heterocycles. The molecule has 131 heavy (non-hydrogen) atoms. The lowest BCUT2D eigenvalue weighted by atomic mass is 9.76. The number of nitriles is 1. The van der Waals surface area contributed by atoms with Crippen LogP contribution in [0.25, 0.3) is 11.3 Å². The van der Waals surface area contributed by atoms with Gasteiger partial charge < -0.3 is 53.1 Å². The molecule has 2 aliphatic carbocycles. The summed E-state index contributed by atoms with van der Waals surface area (Å²) in [5.41, 5.74) is -0.987. The van der Waals surface area contributed by atoms with Crippen molar-refractivity contribution in [2.75, 3.05) is 105 Å². The van der Waals surface area contributed by atoms with Gasteiger partial charge in [-0.1, -0.05) is 182 Å². The number of nitrogens with zero attached hydrogens (tertiary/aromatic N) is 14. The summed E-state index contributed by atoms with van der Waals surface area (Å²) in [6.45, 7) is 52.7. The van der Waals surface area contributed by atoms with Gasteiger partial charge in [-0.05, 0) is 158 Å². The van der Waals surface area contributed by atoms with Gasteiger partial charge in [0.1, 0.15) is 5.41 Å². The number of alkyl halides is 3. The topological polar surface area (TPSA) is 244 Å². The van der Waals surface area contributed by atoms with Gasteiger partial charge in [0.15, 0.2) is 0 Å². The highest BCUT2D eigenvalue weighted by Gasteiger charge is 2.67. The summed E-state index contributed by atoms with van der Waals surface area (Å²) in [4.78, 5) is 126. The molecule has 0 N–H and O–H groups in total. The number of imidazole rings is 1. The van der Waals surface area contributed by atoms with Crippen molar-refractivity contribution in [1.29, 1.82) is 5.26 Å². The number of hydrogen-bond donors (Lipinski definition) is 0. The van der Waals surface area contributed by atoms with E-state index in [2.05, 4.69) is 67.2 Å². The van der Waals surface area contributed by atoms with Crippen LogP contribution in [-0.4, -0.2) is 234 Å². The fourth-order valence-corrected chi connectivity index (χ4v) is 20.4. The lowest BCUT2D eigenvalue weighted by Crippen LogP contribution is -2.51. The molecule has 8 aliphatic heterocycles. The molecule has 726 valence electrons. The molecule has 1 aromatic carbocycles. The minimum atomic E-state index is -4.08. The molecular weight excluding hydrogens is 1680 g/mol. The Morgan fingerprint density at radius 1 is 0.427 bits per heavy atom. The fraction of sp³-hybridized carbons (Fsp3) is 0.712. The molecule has 15 rings (SSSR count).